The largest absolute Gasteiger partial charge is 0.393 e. The zero-order valence-corrected chi connectivity index (χ0v) is 8.22. The Kier molecular flexibility index (Phi) is 5.43. The van der Waals surface area contributed by atoms with Gasteiger partial charge in [-0.1, -0.05) is 0 Å². The van der Waals surface area contributed by atoms with Gasteiger partial charge in [0.15, 0.2) is 0 Å². The second kappa shape index (κ2) is 5.51. The molecule has 80 valence electrons. The fraction of sp³-hybridized carbons (Fsp3) is 1.00. The van der Waals surface area contributed by atoms with Crippen LogP contribution in [0.15, 0.2) is 0 Å². The molecule has 0 aliphatic heterocycles. The molecule has 0 unspecified atom stereocenters. The highest BCUT2D eigenvalue weighted by atomic mass is 16.3. The number of quaternary nitrogens is 1. The van der Waals surface area contributed by atoms with E-state index in [-0.39, 0.29) is 13.2 Å². The van der Waals surface area contributed by atoms with Gasteiger partial charge in [-0.2, -0.15) is 0 Å². The van der Waals surface area contributed by atoms with Crippen LogP contribution >= 0.6 is 0 Å². The Labute approximate surface area is 78.4 Å². The second-order valence-electron chi connectivity index (χ2n) is 3.97. The minimum atomic E-state index is -0.777. The monoisotopic (exact) mass is 194 g/mol. The smallest absolute Gasteiger partial charge is 0.126 e. The van der Waals surface area contributed by atoms with Gasteiger partial charge in [-0.3, -0.25) is 0 Å². The van der Waals surface area contributed by atoms with Crippen molar-refractivity contribution >= 4 is 0 Å². The first-order valence-electron chi connectivity index (χ1n) is 4.31. The molecule has 0 heterocycles. The molecule has 0 bridgehead atoms. The van der Waals surface area contributed by atoms with Gasteiger partial charge in [-0.25, -0.2) is 0 Å². The molecule has 5 heteroatoms. The topological polar surface area (TPSA) is 80.9 Å². The Morgan fingerprint density at radius 1 is 0.923 bits per heavy atom. The molecule has 0 aromatic rings. The van der Waals surface area contributed by atoms with E-state index in [4.69, 9.17) is 20.4 Å². The molecule has 0 saturated carbocycles. The van der Waals surface area contributed by atoms with E-state index >= 15 is 0 Å². The third kappa shape index (κ3) is 5.95. The minimum Gasteiger partial charge on any atom is -0.393 e. The molecule has 0 fully saturated rings. The highest BCUT2D eigenvalue weighted by Crippen LogP contribution is 2.01. The number of nitrogens with zero attached hydrogens (tertiary/aromatic N) is 1. The highest BCUT2D eigenvalue weighted by molar-refractivity contribution is 4.54. The fourth-order valence-electron chi connectivity index (χ4n) is 1.33. The lowest BCUT2D eigenvalue weighted by Crippen LogP contribution is -2.51. The zero-order chi connectivity index (χ0) is 10.5. The van der Waals surface area contributed by atoms with Gasteiger partial charge < -0.3 is 24.9 Å². The Morgan fingerprint density at radius 2 is 1.23 bits per heavy atom. The minimum absolute atomic E-state index is 0.281. The van der Waals surface area contributed by atoms with Crippen LogP contribution < -0.4 is 0 Å². The van der Waals surface area contributed by atoms with Crippen molar-refractivity contribution in [2.24, 2.45) is 0 Å². The molecule has 2 atom stereocenters. The standard InChI is InChI=1S/C8H20NO4/c1-9(2,3-7(12)5-10)4-8(13)6-11/h7-8,10-13H,3-6H2,1-2H3/q+1/t7-,8+. The van der Waals surface area contributed by atoms with Crippen LogP contribution in [0.25, 0.3) is 0 Å². The molecular weight excluding hydrogens is 174 g/mol. The van der Waals surface area contributed by atoms with E-state index < -0.39 is 12.2 Å². The van der Waals surface area contributed by atoms with E-state index in [1.54, 1.807) is 0 Å². The molecule has 0 radical (unpaired) electrons. The van der Waals surface area contributed by atoms with Crippen LogP contribution in [-0.2, 0) is 0 Å². The Balaban J connectivity index is 3.92. The van der Waals surface area contributed by atoms with Crippen LogP contribution in [0.4, 0.5) is 0 Å². The van der Waals surface area contributed by atoms with Crippen molar-refractivity contribution in [1.82, 2.24) is 0 Å². The van der Waals surface area contributed by atoms with Crippen LogP contribution in [0.2, 0.25) is 0 Å². The van der Waals surface area contributed by atoms with Gasteiger partial charge in [0.25, 0.3) is 0 Å². The van der Waals surface area contributed by atoms with Crippen LogP contribution in [0.3, 0.4) is 0 Å². The predicted octanol–water partition coefficient (Wildman–Crippen LogP) is -2.23. The summed E-state index contributed by atoms with van der Waals surface area (Å²) in [5.41, 5.74) is 0. The first kappa shape index (κ1) is 12.8. The van der Waals surface area contributed by atoms with Crippen LogP contribution in [-0.4, -0.2) is 77.5 Å². The summed E-state index contributed by atoms with van der Waals surface area (Å²) in [7, 11) is 3.63. The zero-order valence-electron chi connectivity index (χ0n) is 8.22. The molecule has 0 aromatic heterocycles. The molecule has 0 amide bonds. The molecule has 0 saturated heterocycles. The summed E-state index contributed by atoms with van der Waals surface area (Å²) < 4.78 is 0.365. The summed E-state index contributed by atoms with van der Waals surface area (Å²) in [5, 5.41) is 35.6. The van der Waals surface area contributed by atoms with Gasteiger partial charge in [-0.15, -0.1) is 0 Å². The first-order chi connectivity index (χ1) is 5.91. The van der Waals surface area contributed by atoms with Crippen LogP contribution in [0, 0.1) is 0 Å². The van der Waals surface area contributed by atoms with E-state index in [0.717, 1.165) is 0 Å². The van der Waals surface area contributed by atoms with Gasteiger partial charge in [0.1, 0.15) is 25.3 Å². The third-order valence-electron chi connectivity index (χ3n) is 1.83. The summed E-state index contributed by atoms with van der Waals surface area (Å²) in [6.45, 7) is 0.148. The Hall–Kier alpha value is -0.200. The van der Waals surface area contributed by atoms with Gasteiger partial charge >= 0.3 is 0 Å². The van der Waals surface area contributed by atoms with Gasteiger partial charge in [0.05, 0.1) is 27.3 Å². The molecule has 0 spiro atoms. The third-order valence-corrected chi connectivity index (χ3v) is 1.83. The molecule has 0 aliphatic rings. The van der Waals surface area contributed by atoms with Crippen molar-refractivity contribution in [3.05, 3.63) is 0 Å². The normalized spacial score (nSPS) is 17.1. The van der Waals surface area contributed by atoms with Crippen molar-refractivity contribution in [2.75, 3.05) is 40.4 Å². The lowest BCUT2D eigenvalue weighted by Gasteiger charge is -2.32. The molecule has 4 N–H and O–H groups in total. The van der Waals surface area contributed by atoms with Crippen molar-refractivity contribution in [2.45, 2.75) is 12.2 Å². The SMILES string of the molecule is C[N+](C)(C[C@H](O)CO)C[C@@H](O)CO. The second-order valence-corrected chi connectivity index (χ2v) is 3.97. The van der Waals surface area contributed by atoms with Crippen molar-refractivity contribution in [3.8, 4) is 0 Å². The summed E-state index contributed by atoms with van der Waals surface area (Å²) in [6.07, 6.45) is -1.55. The number of rotatable bonds is 6. The van der Waals surface area contributed by atoms with Crippen molar-refractivity contribution in [3.63, 3.8) is 0 Å². The maximum atomic E-state index is 9.17. The molecule has 0 rings (SSSR count). The summed E-state index contributed by atoms with van der Waals surface area (Å²) >= 11 is 0. The highest BCUT2D eigenvalue weighted by Gasteiger charge is 2.23. The molecule has 13 heavy (non-hydrogen) atoms. The number of aliphatic hydroxyl groups excluding tert-OH is 4. The first-order valence-corrected chi connectivity index (χ1v) is 4.31. The van der Waals surface area contributed by atoms with E-state index in [9.17, 15) is 0 Å². The molecule has 0 aliphatic carbocycles. The van der Waals surface area contributed by atoms with E-state index in [0.29, 0.717) is 17.6 Å². The number of aliphatic hydroxyl groups is 4. The summed E-state index contributed by atoms with van der Waals surface area (Å²) in [6, 6.07) is 0. The molecular formula is C8H20NO4+. The number of hydrogen-bond donors (Lipinski definition) is 4. The van der Waals surface area contributed by atoms with Gasteiger partial charge in [-0.05, 0) is 0 Å². The lowest BCUT2D eigenvalue weighted by atomic mass is 10.2. The summed E-state index contributed by atoms with van der Waals surface area (Å²) in [5.74, 6) is 0. The maximum Gasteiger partial charge on any atom is 0.126 e. The van der Waals surface area contributed by atoms with Gasteiger partial charge in [0, 0.05) is 0 Å². The Morgan fingerprint density at radius 3 is 1.46 bits per heavy atom. The molecule has 5 nitrogen and oxygen atoms in total. The lowest BCUT2D eigenvalue weighted by molar-refractivity contribution is -0.896. The quantitative estimate of drug-likeness (QED) is 0.361. The van der Waals surface area contributed by atoms with E-state index in [2.05, 4.69) is 0 Å². The molecule has 0 aromatic carbocycles. The van der Waals surface area contributed by atoms with Crippen LogP contribution in [0.5, 0.6) is 0 Å². The number of likely N-dealkylation sites (N-methyl/N-ethyl adjacent to an activating group) is 1. The predicted molar refractivity (Wildman–Crippen MR) is 48.0 cm³/mol. The maximum absolute atomic E-state index is 9.17. The van der Waals surface area contributed by atoms with Crippen molar-refractivity contribution < 1.29 is 24.9 Å². The number of hydrogen-bond acceptors (Lipinski definition) is 4. The summed E-state index contributed by atoms with van der Waals surface area (Å²) in [4.78, 5) is 0. The average molecular weight is 194 g/mol. The van der Waals surface area contributed by atoms with Crippen LogP contribution in [0.1, 0.15) is 0 Å². The van der Waals surface area contributed by atoms with E-state index in [1.165, 1.54) is 0 Å². The average Bonchev–Trinajstić information content (AvgIpc) is 2.02. The van der Waals surface area contributed by atoms with E-state index in [1.807, 2.05) is 14.1 Å². The van der Waals surface area contributed by atoms with Crippen molar-refractivity contribution in [1.29, 1.82) is 0 Å². The van der Waals surface area contributed by atoms with Gasteiger partial charge in [0.2, 0.25) is 0 Å². The fourth-order valence-corrected chi connectivity index (χ4v) is 1.33. The Bertz CT molecular complexity index is 126.